The molecule has 4 heterocycles. The molecule has 1 aromatic carbocycles. The number of amides is 1. The third-order valence-electron chi connectivity index (χ3n) is 7.65. The Morgan fingerprint density at radius 3 is 2.74 bits per heavy atom. The summed E-state index contributed by atoms with van der Waals surface area (Å²) in [5.74, 6) is 0.993. The molecule has 0 radical (unpaired) electrons. The molecule has 0 saturated carbocycles. The molecule has 0 unspecified atom stereocenters. The molecule has 5 rings (SSSR count). The number of pyridine rings is 1. The van der Waals surface area contributed by atoms with Crippen LogP contribution in [0.2, 0.25) is 0 Å². The number of carbonyl (C=O) groups excluding carboxylic acids is 1. The number of piperidine rings is 1. The summed E-state index contributed by atoms with van der Waals surface area (Å²) in [5.41, 5.74) is 4.43. The predicted octanol–water partition coefficient (Wildman–Crippen LogP) is 2.54. The number of aromatic nitrogens is 2. The summed E-state index contributed by atoms with van der Waals surface area (Å²) in [6.45, 7) is 3.47. The van der Waals surface area contributed by atoms with E-state index in [0.29, 0.717) is 13.1 Å². The number of hydrogen-bond acceptors (Lipinski definition) is 6. The molecule has 1 amide bonds. The summed E-state index contributed by atoms with van der Waals surface area (Å²) in [6.07, 6.45) is 5.46. The second kappa shape index (κ2) is 9.60. The number of rotatable bonds is 6. The molecule has 2 aromatic heterocycles. The summed E-state index contributed by atoms with van der Waals surface area (Å²) in [6, 6.07) is 10.1. The number of aromatic amines is 1. The Hall–Kier alpha value is -2.94. The van der Waals surface area contributed by atoms with Gasteiger partial charge in [-0.15, -0.1) is 0 Å². The molecule has 1 saturated heterocycles. The molecule has 1 spiro atoms. The fourth-order valence-corrected chi connectivity index (χ4v) is 5.97. The predicted molar refractivity (Wildman–Crippen MR) is 135 cm³/mol. The number of carbonyl (C=O) groups is 1. The SMILES string of the molecule is COc1ccc2c3c([nH]c2c1)[C@H](CO)N(Cc1cccnc1)CC31CCN(C(=O)CN(C)C)CC1. The van der Waals surface area contributed by atoms with Crippen molar-refractivity contribution in [2.45, 2.75) is 30.8 Å². The first-order chi connectivity index (χ1) is 16.9. The monoisotopic (exact) mass is 477 g/mol. The average Bonchev–Trinajstić information content (AvgIpc) is 3.24. The Morgan fingerprint density at radius 2 is 2.09 bits per heavy atom. The first kappa shape index (κ1) is 23.8. The van der Waals surface area contributed by atoms with Crippen LogP contribution in [0, 0.1) is 0 Å². The van der Waals surface area contributed by atoms with E-state index in [1.807, 2.05) is 48.3 Å². The van der Waals surface area contributed by atoms with Gasteiger partial charge >= 0.3 is 0 Å². The van der Waals surface area contributed by atoms with Gasteiger partial charge in [-0.3, -0.25) is 14.7 Å². The molecule has 1 fully saturated rings. The van der Waals surface area contributed by atoms with Crippen molar-refractivity contribution in [3.05, 3.63) is 59.5 Å². The normalized spacial score (nSPS) is 19.9. The van der Waals surface area contributed by atoms with E-state index in [1.165, 1.54) is 10.9 Å². The van der Waals surface area contributed by atoms with E-state index in [9.17, 15) is 9.90 Å². The number of likely N-dealkylation sites (tertiary alicyclic amines) is 1. The third kappa shape index (κ3) is 4.42. The van der Waals surface area contributed by atoms with Gasteiger partial charge < -0.3 is 24.6 Å². The molecular formula is C27H35N5O3. The van der Waals surface area contributed by atoms with Crippen LogP contribution in [0.25, 0.3) is 10.9 Å². The minimum atomic E-state index is -0.136. The van der Waals surface area contributed by atoms with Gasteiger partial charge in [0.1, 0.15) is 5.75 Å². The number of likely N-dealkylation sites (N-methyl/N-ethyl adjacent to an activating group) is 1. The van der Waals surface area contributed by atoms with Crippen LogP contribution in [-0.4, -0.2) is 89.7 Å². The zero-order valence-corrected chi connectivity index (χ0v) is 20.8. The Balaban J connectivity index is 1.55. The van der Waals surface area contributed by atoms with Gasteiger partial charge in [0.15, 0.2) is 0 Å². The Bertz CT molecular complexity index is 1180. The molecule has 3 aromatic rings. The van der Waals surface area contributed by atoms with Crippen molar-refractivity contribution >= 4 is 16.8 Å². The first-order valence-corrected chi connectivity index (χ1v) is 12.3. The molecule has 35 heavy (non-hydrogen) atoms. The van der Waals surface area contributed by atoms with Gasteiger partial charge in [0.05, 0.1) is 26.3 Å². The van der Waals surface area contributed by atoms with Crippen LogP contribution in [-0.2, 0) is 16.8 Å². The molecule has 0 aliphatic carbocycles. The minimum absolute atomic E-state index is 0.0285. The number of benzene rings is 1. The highest BCUT2D eigenvalue weighted by atomic mass is 16.5. The van der Waals surface area contributed by atoms with Gasteiger partial charge in [0.25, 0.3) is 0 Å². The number of methoxy groups -OCH3 is 1. The van der Waals surface area contributed by atoms with Gasteiger partial charge in [-0.05, 0) is 56.3 Å². The third-order valence-corrected chi connectivity index (χ3v) is 7.65. The maximum atomic E-state index is 12.8. The van der Waals surface area contributed by atoms with Crippen LogP contribution in [0.3, 0.4) is 0 Å². The van der Waals surface area contributed by atoms with E-state index in [1.54, 1.807) is 13.3 Å². The number of fused-ring (bicyclic) bond motifs is 4. The fraction of sp³-hybridized carbons (Fsp3) is 0.481. The average molecular weight is 478 g/mol. The lowest BCUT2D eigenvalue weighted by molar-refractivity contribution is -0.133. The van der Waals surface area contributed by atoms with Crippen molar-refractivity contribution in [2.24, 2.45) is 0 Å². The Labute approximate surface area is 206 Å². The Morgan fingerprint density at radius 1 is 1.29 bits per heavy atom. The summed E-state index contributed by atoms with van der Waals surface area (Å²) < 4.78 is 5.48. The fourth-order valence-electron chi connectivity index (χ4n) is 5.97. The second-order valence-electron chi connectivity index (χ2n) is 10.2. The summed E-state index contributed by atoms with van der Waals surface area (Å²) in [5, 5.41) is 11.7. The number of aliphatic hydroxyl groups excluding tert-OH is 1. The van der Waals surface area contributed by atoms with E-state index >= 15 is 0 Å². The van der Waals surface area contributed by atoms with E-state index in [0.717, 1.165) is 55.0 Å². The molecule has 0 bridgehead atoms. The summed E-state index contributed by atoms with van der Waals surface area (Å²) in [7, 11) is 5.54. The van der Waals surface area contributed by atoms with Crippen molar-refractivity contribution in [1.82, 2.24) is 24.7 Å². The van der Waals surface area contributed by atoms with E-state index in [2.05, 4.69) is 27.0 Å². The number of nitrogens with one attached hydrogen (secondary N) is 1. The van der Waals surface area contributed by atoms with Gasteiger partial charge in [-0.1, -0.05) is 6.07 Å². The van der Waals surface area contributed by atoms with Crippen LogP contribution in [0.5, 0.6) is 5.75 Å². The zero-order chi connectivity index (χ0) is 24.6. The molecule has 2 aliphatic heterocycles. The highest BCUT2D eigenvalue weighted by molar-refractivity contribution is 5.88. The Kier molecular flexibility index (Phi) is 6.53. The smallest absolute Gasteiger partial charge is 0.236 e. The lowest BCUT2D eigenvalue weighted by Gasteiger charge is -2.50. The molecule has 8 heteroatoms. The van der Waals surface area contributed by atoms with Crippen LogP contribution in [0.1, 0.15) is 35.7 Å². The van der Waals surface area contributed by atoms with Crippen molar-refractivity contribution in [1.29, 1.82) is 0 Å². The van der Waals surface area contributed by atoms with Crippen molar-refractivity contribution in [2.75, 3.05) is 54.0 Å². The molecular weight excluding hydrogens is 442 g/mol. The lowest BCUT2D eigenvalue weighted by atomic mass is 9.68. The minimum Gasteiger partial charge on any atom is -0.497 e. The maximum Gasteiger partial charge on any atom is 0.236 e. The van der Waals surface area contributed by atoms with Gasteiger partial charge in [-0.25, -0.2) is 0 Å². The standard InChI is InChI=1S/C27H35N5O3/c1-30(2)16-24(34)31-11-8-27(9-12-31)18-32(15-19-5-4-10-28-14-19)23(17-33)26-25(27)21-7-6-20(35-3)13-22(21)29-26/h4-7,10,13-14,23,29,33H,8-9,11-12,15-18H2,1-3H3/t23-/m0/s1. The maximum absolute atomic E-state index is 12.8. The molecule has 8 nitrogen and oxygen atoms in total. The summed E-state index contributed by atoms with van der Waals surface area (Å²) >= 11 is 0. The quantitative estimate of drug-likeness (QED) is 0.568. The lowest BCUT2D eigenvalue weighted by Crippen LogP contribution is -2.55. The second-order valence-corrected chi connectivity index (χ2v) is 10.2. The highest BCUT2D eigenvalue weighted by Gasteiger charge is 2.47. The number of hydrogen-bond donors (Lipinski definition) is 2. The van der Waals surface area contributed by atoms with Crippen molar-refractivity contribution < 1.29 is 14.6 Å². The van der Waals surface area contributed by atoms with Crippen LogP contribution in [0.15, 0.2) is 42.7 Å². The van der Waals surface area contributed by atoms with E-state index in [4.69, 9.17) is 4.74 Å². The molecule has 2 aliphatic rings. The molecule has 2 N–H and O–H groups in total. The molecule has 1 atom stereocenters. The van der Waals surface area contributed by atoms with Gasteiger partial charge in [-0.2, -0.15) is 0 Å². The van der Waals surface area contributed by atoms with E-state index < -0.39 is 0 Å². The number of aliphatic hydroxyl groups is 1. The summed E-state index contributed by atoms with van der Waals surface area (Å²) in [4.78, 5) is 27.0. The zero-order valence-electron chi connectivity index (χ0n) is 20.8. The van der Waals surface area contributed by atoms with Crippen molar-refractivity contribution in [3.8, 4) is 5.75 Å². The van der Waals surface area contributed by atoms with Crippen LogP contribution >= 0.6 is 0 Å². The van der Waals surface area contributed by atoms with Crippen LogP contribution in [0.4, 0.5) is 0 Å². The van der Waals surface area contributed by atoms with Gasteiger partial charge in [0.2, 0.25) is 5.91 Å². The largest absolute Gasteiger partial charge is 0.497 e. The highest BCUT2D eigenvalue weighted by Crippen LogP contribution is 2.49. The molecule has 186 valence electrons. The number of ether oxygens (including phenoxy) is 1. The topological polar surface area (TPSA) is 84.9 Å². The van der Waals surface area contributed by atoms with Gasteiger partial charge in [0, 0.05) is 66.7 Å². The van der Waals surface area contributed by atoms with Crippen LogP contribution < -0.4 is 4.74 Å². The first-order valence-electron chi connectivity index (χ1n) is 12.3. The number of H-pyrrole nitrogens is 1. The van der Waals surface area contributed by atoms with Crippen molar-refractivity contribution in [3.63, 3.8) is 0 Å². The number of nitrogens with zero attached hydrogens (tertiary/aromatic N) is 4. The van der Waals surface area contributed by atoms with E-state index in [-0.39, 0.29) is 24.0 Å².